The van der Waals surface area contributed by atoms with Gasteiger partial charge >= 0.3 is 5.69 Å². The van der Waals surface area contributed by atoms with Crippen LogP contribution in [0.5, 0.6) is 11.5 Å². The molecule has 10 nitrogen and oxygen atoms in total. The second-order valence-electron chi connectivity index (χ2n) is 5.16. The van der Waals surface area contributed by atoms with Gasteiger partial charge in [-0.25, -0.2) is 0 Å². The van der Waals surface area contributed by atoms with E-state index in [0.29, 0.717) is 5.56 Å². The Morgan fingerprint density at radius 2 is 1.74 bits per heavy atom. The molecule has 0 spiro atoms. The largest absolute Gasteiger partial charge is 0.449 e. The van der Waals surface area contributed by atoms with Crippen LogP contribution in [0.25, 0.3) is 6.08 Å². The molecule has 0 unspecified atom stereocenters. The van der Waals surface area contributed by atoms with Gasteiger partial charge in [-0.2, -0.15) is 0 Å². The number of nitrogens with zero attached hydrogens (tertiary/aromatic N) is 2. The third kappa shape index (κ3) is 3.93. The van der Waals surface area contributed by atoms with Crippen LogP contribution in [0.1, 0.15) is 5.56 Å². The van der Waals surface area contributed by atoms with Gasteiger partial charge in [-0.15, -0.1) is 0 Å². The number of rotatable bonds is 5. The van der Waals surface area contributed by atoms with E-state index < -0.39 is 32.4 Å². The molecule has 2 aromatic rings. The van der Waals surface area contributed by atoms with Gasteiger partial charge in [0.05, 0.1) is 20.8 Å². The summed E-state index contributed by atoms with van der Waals surface area (Å²) in [6.45, 7) is 0. The number of nitro benzene ring substituents is 2. The smallest absolute Gasteiger partial charge is 0.318 e. The lowest BCUT2D eigenvalue weighted by Gasteiger charge is -2.09. The van der Waals surface area contributed by atoms with Crippen molar-refractivity contribution < 1.29 is 24.2 Å². The normalized spacial score (nSPS) is 14.9. The summed E-state index contributed by atoms with van der Waals surface area (Å²) in [5.41, 5.74) is -0.616. The minimum absolute atomic E-state index is 0.147. The Morgan fingerprint density at radius 1 is 1.00 bits per heavy atom. The van der Waals surface area contributed by atoms with Gasteiger partial charge in [-0.05, 0) is 30.0 Å². The number of amides is 2. The van der Waals surface area contributed by atoms with E-state index in [1.807, 2.05) is 0 Å². The number of carbonyl (C=O) groups is 2. The Bertz CT molecular complexity index is 1020. The number of hydrogen-bond donors (Lipinski definition) is 1. The number of benzene rings is 2. The molecule has 136 valence electrons. The standard InChI is InChI=1S/C16H9N3O7S/c20-15-14(27-16(21)17-15)7-9-3-1-2-4-12(9)26-13-6-5-10(18(22)23)8-11(13)19(24)25/h1-8H,(H,17,20,21)/b14-7+. The number of nitrogens with one attached hydrogen (secondary N) is 1. The van der Waals surface area contributed by atoms with Crippen molar-refractivity contribution >= 4 is 40.4 Å². The number of carbonyl (C=O) groups excluding carboxylic acids is 2. The fourth-order valence-corrected chi connectivity index (χ4v) is 2.89. The van der Waals surface area contributed by atoms with Crippen LogP contribution < -0.4 is 10.1 Å². The Kier molecular flexibility index (Phi) is 4.86. The molecule has 11 heteroatoms. The van der Waals surface area contributed by atoms with Crippen LogP contribution in [0.3, 0.4) is 0 Å². The first kappa shape index (κ1) is 18.1. The van der Waals surface area contributed by atoms with E-state index in [4.69, 9.17) is 4.74 Å². The van der Waals surface area contributed by atoms with E-state index in [1.54, 1.807) is 18.2 Å². The molecule has 3 rings (SSSR count). The molecular weight excluding hydrogens is 378 g/mol. The zero-order chi connectivity index (χ0) is 19.6. The van der Waals surface area contributed by atoms with Crippen LogP contribution in [0, 0.1) is 20.2 Å². The molecule has 2 aromatic carbocycles. The first-order chi connectivity index (χ1) is 12.8. The highest BCUT2D eigenvalue weighted by Crippen LogP contribution is 2.37. The van der Waals surface area contributed by atoms with E-state index in [1.165, 1.54) is 12.1 Å². The molecule has 0 atom stereocenters. The van der Waals surface area contributed by atoms with E-state index in [9.17, 15) is 29.8 Å². The molecular formula is C16H9N3O7S. The van der Waals surface area contributed by atoms with Crippen molar-refractivity contribution in [2.45, 2.75) is 0 Å². The van der Waals surface area contributed by atoms with Crippen molar-refractivity contribution in [3.63, 3.8) is 0 Å². The van der Waals surface area contributed by atoms with E-state index in [2.05, 4.69) is 5.32 Å². The minimum atomic E-state index is -0.789. The number of ether oxygens (including phenoxy) is 1. The number of non-ortho nitro benzene ring substituents is 1. The van der Waals surface area contributed by atoms with Crippen molar-refractivity contribution in [2.75, 3.05) is 0 Å². The lowest BCUT2D eigenvalue weighted by molar-refractivity contribution is -0.394. The van der Waals surface area contributed by atoms with E-state index in [0.717, 1.165) is 30.0 Å². The van der Waals surface area contributed by atoms with Gasteiger partial charge in [0.1, 0.15) is 5.75 Å². The second kappa shape index (κ2) is 7.25. The SMILES string of the molecule is O=C1NC(=O)/C(=C\c2ccccc2Oc2ccc([N+](=O)[O-])cc2[N+](=O)[O-])S1. The number of para-hydroxylation sites is 1. The number of imide groups is 1. The molecule has 1 N–H and O–H groups in total. The summed E-state index contributed by atoms with van der Waals surface area (Å²) < 4.78 is 5.57. The lowest BCUT2D eigenvalue weighted by atomic mass is 10.2. The van der Waals surface area contributed by atoms with Crippen LogP contribution in [0.4, 0.5) is 16.2 Å². The summed E-state index contributed by atoms with van der Waals surface area (Å²) in [6, 6.07) is 9.38. The van der Waals surface area contributed by atoms with Gasteiger partial charge in [0.25, 0.3) is 16.8 Å². The topological polar surface area (TPSA) is 142 Å². The van der Waals surface area contributed by atoms with Gasteiger partial charge in [-0.1, -0.05) is 18.2 Å². The summed E-state index contributed by atoms with van der Waals surface area (Å²) >= 11 is 0.719. The average molecular weight is 387 g/mol. The number of thioether (sulfide) groups is 1. The maximum atomic E-state index is 11.7. The summed E-state index contributed by atoms with van der Waals surface area (Å²) in [4.78, 5) is 43.6. The minimum Gasteiger partial charge on any atom is -0.449 e. The van der Waals surface area contributed by atoms with Crippen molar-refractivity contribution in [1.82, 2.24) is 5.32 Å². The second-order valence-corrected chi connectivity index (χ2v) is 6.17. The molecule has 0 saturated carbocycles. The highest BCUT2D eigenvalue weighted by Gasteiger charge is 2.26. The highest BCUT2D eigenvalue weighted by atomic mass is 32.2. The molecule has 1 aliphatic rings. The summed E-state index contributed by atoms with van der Waals surface area (Å²) in [5, 5.41) is 23.7. The molecule has 2 amide bonds. The zero-order valence-corrected chi connectivity index (χ0v) is 14.1. The van der Waals surface area contributed by atoms with E-state index in [-0.39, 0.29) is 16.4 Å². The van der Waals surface area contributed by atoms with Crippen LogP contribution in [0.2, 0.25) is 0 Å². The molecule has 0 bridgehead atoms. The van der Waals surface area contributed by atoms with Crippen molar-refractivity contribution in [3.05, 3.63) is 73.2 Å². The van der Waals surface area contributed by atoms with Crippen molar-refractivity contribution in [3.8, 4) is 11.5 Å². The first-order valence-corrected chi connectivity index (χ1v) is 8.11. The molecule has 1 aliphatic heterocycles. The van der Waals surface area contributed by atoms with Gasteiger partial charge in [-0.3, -0.25) is 35.1 Å². The van der Waals surface area contributed by atoms with Gasteiger partial charge in [0.2, 0.25) is 5.75 Å². The lowest BCUT2D eigenvalue weighted by Crippen LogP contribution is -2.17. The monoisotopic (exact) mass is 387 g/mol. The van der Waals surface area contributed by atoms with Gasteiger partial charge in [0, 0.05) is 11.6 Å². The van der Waals surface area contributed by atoms with Gasteiger partial charge in [0.15, 0.2) is 0 Å². The average Bonchev–Trinajstić information content (AvgIpc) is 2.93. The fraction of sp³-hybridized carbons (Fsp3) is 0. The number of nitro groups is 2. The van der Waals surface area contributed by atoms with Gasteiger partial charge < -0.3 is 4.74 Å². The molecule has 27 heavy (non-hydrogen) atoms. The molecule has 1 saturated heterocycles. The predicted octanol–water partition coefficient (Wildman–Crippen LogP) is 3.62. The Hall–Kier alpha value is -3.73. The predicted molar refractivity (Wildman–Crippen MR) is 95.4 cm³/mol. The summed E-state index contributed by atoms with van der Waals surface area (Å²) in [6.07, 6.45) is 1.41. The molecule has 0 aromatic heterocycles. The van der Waals surface area contributed by atoms with E-state index >= 15 is 0 Å². The van der Waals surface area contributed by atoms with Crippen LogP contribution >= 0.6 is 11.8 Å². The maximum absolute atomic E-state index is 11.7. The Morgan fingerprint density at radius 3 is 2.37 bits per heavy atom. The third-order valence-corrected chi connectivity index (χ3v) is 4.23. The molecule has 1 heterocycles. The van der Waals surface area contributed by atoms with Crippen molar-refractivity contribution in [1.29, 1.82) is 0 Å². The zero-order valence-electron chi connectivity index (χ0n) is 13.3. The quantitative estimate of drug-likeness (QED) is 0.466. The maximum Gasteiger partial charge on any atom is 0.318 e. The molecule has 1 fully saturated rings. The highest BCUT2D eigenvalue weighted by molar-refractivity contribution is 8.18. The van der Waals surface area contributed by atoms with Crippen LogP contribution in [0.15, 0.2) is 47.4 Å². The Balaban J connectivity index is 1.99. The fourth-order valence-electron chi connectivity index (χ4n) is 2.22. The summed E-state index contributed by atoms with van der Waals surface area (Å²) in [5.74, 6) is -0.577. The number of hydrogen-bond acceptors (Lipinski definition) is 8. The first-order valence-electron chi connectivity index (χ1n) is 7.29. The summed E-state index contributed by atoms with van der Waals surface area (Å²) in [7, 11) is 0. The van der Waals surface area contributed by atoms with Crippen LogP contribution in [-0.4, -0.2) is 21.0 Å². The van der Waals surface area contributed by atoms with Crippen LogP contribution in [-0.2, 0) is 4.79 Å². The molecule has 0 radical (unpaired) electrons. The van der Waals surface area contributed by atoms with Crippen molar-refractivity contribution in [2.24, 2.45) is 0 Å². The Labute approximate surface area is 155 Å². The molecule has 0 aliphatic carbocycles. The third-order valence-electron chi connectivity index (χ3n) is 3.42.